The van der Waals surface area contributed by atoms with Gasteiger partial charge < -0.3 is 10.6 Å². The topological polar surface area (TPSA) is 75.3 Å². The average Bonchev–Trinajstić information content (AvgIpc) is 2.87. The Hall–Kier alpha value is -1.18. The van der Waals surface area contributed by atoms with Crippen LogP contribution in [-0.4, -0.2) is 39.2 Å². The molecular formula is C19H30ClFN2O3S. The quantitative estimate of drug-likeness (QED) is 0.385. The number of hydrogen-bond acceptors (Lipinski definition) is 4. The third-order valence-corrected chi connectivity index (χ3v) is 6.73. The number of nitrogens with one attached hydrogen (secondary N) is 2. The summed E-state index contributed by atoms with van der Waals surface area (Å²) >= 11 is 0. The second-order valence-electron chi connectivity index (χ2n) is 7.07. The Balaban J connectivity index is 0.00000364. The SMILES string of the molecule is CC(CS(=O)(=O)c1ccc(F)cc1)C(=O)NCCNC1CCCCCC1.Cl. The Morgan fingerprint density at radius 1 is 1.11 bits per heavy atom. The lowest BCUT2D eigenvalue weighted by Gasteiger charge is -2.17. The molecule has 0 saturated heterocycles. The summed E-state index contributed by atoms with van der Waals surface area (Å²) in [6.07, 6.45) is 7.47. The van der Waals surface area contributed by atoms with Crippen LogP contribution in [0.4, 0.5) is 4.39 Å². The predicted molar refractivity (Wildman–Crippen MR) is 107 cm³/mol. The molecule has 0 aliphatic heterocycles. The van der Waals surface area contributed by atoms with Gasteiger partial charge in [-0.1, -0.05) is 32.6 Å². The van der Waals surface area contributed by atoms with E-state index in [4.69, 9.17) is 0 Å². The van der Waals surface area contributed by atoms with Gasteiger partial charge in [0.05, 0.1) is 10.6 Å². The van der Waals surface area contributed by atoms with Crippen molar-refractivity contribution in [1.29, 1.82) is 0 Å². The Morgan fingerprint density at radius 3 is 2.30 bits per heavy atom. The van der Waals surface area contributed by atoms with E-state index < -0.39 is 21.6 Å². The molecule has 2 N–H and O–H groups in total. The van der Waals surface area contributed by atoms with Crippen molar-refractivity contribution in [3.63, 3.8) is 0 Å². The summed E-state index contributed by atoms with van der Waals surface area (Å²) in [5, 5.41) is 6.26. The zero-order valence-electron chi connectivity index (χ0n) is 15.7. The first-order valence-electron chi connectivity index (χ1n) is 9.38. The first-order valence-corrected chi connectivity index (χ1v) is 11.0. The predicted octanol–water partition coefficient (Wildman–Crippen LogP) is 3.09. The Morgan fingerprint density at radius 2 is 1.70 bits per heavy atom. The fourth-order valence-corrected chi connectivity index (χ4v) is 4.82. The van der Waals surface area contributed by atoms with Crippen LogP contribution in [0.15, 0.2) is 29.2 Å². The first-order chi connectivity index (χ1) is 12.4. The summed E-state index contributed by atoms with van der Waals surface area (Å²) in [5.41, 5.74) is 0. The standard InChI is InChI=1S/C19H29FN2O3S.ClH/c1-15(14-26(24,25)18-10-8-16(20)9-11-18)19(23)22-13-12-21-17-6-4-2-3-5-7-17;/h8-11,15,17,21H,2-7,12-14H2,1H3,(H,22,23);1H. The monoisotopic (exact) mass is 420 g/mol. The number of benzene rings is 1. The van der Waals surface area contributed by atoms with Crippen molar-refractivity contribution >= 4 is 28.2 Å². The van der Waals surface area contributed by atoms with Crippen molar-refractivity contribution in [2.75, 3.05) is 18.8 Å². The molecule has 8 heteroatoms. The van der Waals surface area contributed by atoms with Gasteiger partial charge in [-0.3, -0.25) is 4.79 Å². The summed E-state index contributed by atoms with van der Waals surface area (Å²) in [6, 6.07) is 5.19. The molecule has 1 aliphatic rings. The van der Waals surface area contributed by atoms with Gasteiger partial charge in [-0.05, 0) is 37.1 Å². The van der Waals surface area contributed by atoms with E-state index in [0.717, 1.165) is 12.1 Å². The fraction of sp³-hybridized carbons (Fsp3) is 0.632. The third kappa shape index (κ3) is 8.15. The van der Waals surface area contributed by atoms with Gasteiger partial charge in [0.2, 0.25) is 5.91 Å². The number of rotatable bonds is 8. The minimum Gasteiger partial charge on any atom is -0.355 e. The van der Waals surface area contributed by atoms with E-state index in [-0.39, 0.29) is 29.0 Å². The van der Waals surface area contributed by atoms with E-state index in [1.54, 1.807) is 6.92 Å². The van der Waals surface area contributed by atoms with Gasteiger partial charge >= 0.3 is 0 Å². The molecule has 1 aromatic rings. The molecule has 2 rings (SSSR count). The van der Waals surface area contributed by atoms with E-state index >= 15 is 0 Å². The van der Waals surface area contributed by atoms with Crippen molar-refractivity contribution in [2.24, 2.45) is 5.92 Å². The van der Waals surface area contributed by atoms with Crippen LogP contribution in [0.5, 0.6) is 0 Å². The molecule has 5 nitrogen and oxygen atoms in total. The van der Waals surface area contributed by atoms with Gasteiger partial charge in [-0.15, -0.1) is 12.4 Å². The summed E-state index contributed by atoms with van der Waals surface area (Å²) < 4.78 is 37.6. The highest BCUT2D eigenvalue weighted by Gasteiger charge is 2.23. The van der Waals surface area contributed by atoms with Gasteiger partial charge in [-0.2, -0.15) is 0 Å². The van der Waals surface area contributed by atoms with Crippen LogP contribution in [0, 0.1) is 11.7 Å². The molecule has 1 unspecified atom stereocenters. The van der Waals surface area contributed by atoms with Gasteiger partial charge in [-0.25, -0.2) is 12.8 Å². The maximum atomic E-state index is 12.9. The largest absolute Gasteiger partial charge is 0.355 e. The van der Waals surface area contributed by atoms with Gasteiger partial charge in [0.25, 0.3) is 0 Å². The van der Waals surface area contributed by atoms with E-state index in [9.17, 15) is 17.6 Å². The van der Waals surface area contributed by atoms with Crippen LogP contribution >= 0.6 is 12.4 Å². The van der Waals surface area contributed by atoms with Gasteiger partial charge in [0.1, 0.15) is 5.82 Å². The average molecular weight is 421 g/mol. The normalized spacial score (nSPS) is 16.8. The van der Waals surface area contributed by atoms with Gasteiger partial charge in [0.15, 0.2) is 9.84 Å². The number of sulfone groups is 1. The number of carbonyl (C=O) groups is 1. The molecule has 1 saturated carbocycles. The van der Waals surface area contributed by atoms with Crippen LogP contribution in [0.2, 0.25) is 0 Å². The van der Waals surface area contributed by atoms with Crippen LogP contribution in [0.3, 0.4) is 0 Å². The smallest absolute Gasteiger partial charge is 0.223 e. The number of amides is 1. The van der Waals surface area contributed by atoms with Crippen molar-refractivity contribution in [3.8, 4) is 0 Å². The fourth-order valence-electron chi connectivity index (χ4n) is 3.26. The maximum Gasteiger partial charge on any atom is 0.223 e. The zero-order chi connectivity index (χ0) is 19.0. The van der Waals surface area contributed by atoms with Crippen LogP contribution in [0.1, 0.15) is 45.4 Å². The lowest BCUT2D eigenvalue weighted by molar-refractivity contribution is -0.123. The Bertz CT molecular complexity index is 675. The van der Waals surface area contributed by atoms with Gasteiger partial charge in [0, 0.05) is 25.0 Å². The minimum atomic E-state index is -3.62. The van der Waals surface area contributed by atoms with Crippen molar-refractivity contribution in [1.82, 2.24) is 10.6 Å². The van der Waals surface area contributed by atoms with Crippen LogP contribution in [-0.2, 0) is 14.6 Å². The molecule has 1 aromatic carbocycles. The molecule has 1 fully saturated rings. The molecule has 0 heterocycles. The van der Waals surface area contributed by atoms with E-state index in [0.29, 0.717) is 19.1 Å². The van der Waals surface area contributed by atoms with Crippen molar-refractivity contribution in [2.45, 2.75) is 56.4 Å². The summed E-state index contributed by atoms with van der Waals surface area (Å²) in [4.78, 5) is 12.2. The lowest BCUT2D eigenvalue weighted by atomic mass is 10.1. The van der Waals surface area contributed by atoms with Crippen LogP contribution < -0.4 is 10.6 Å². The van der Waals surface area contributed by atoms with Crippen LogP contribution in [0.25, 0.3) is 0 Å². The molecule has 1 amide bonds. The Labute approximate surface area is 167 Å². The highest BCUT2D eigenvalue weighted by Crippen LogP contribution is 2.17. The maximum absolute atomic E-state index is 12.9. The molecule has 0 spiro atoms. The number of halogens is 2. The number of carbonyl (C=O) groups excluding carboxylic acids is 1. The second-order valence-corrected chi connectivity index (χ2v) is 9.10. The summed E-state index contributed by atoms with van der Waals surface area (Å²) in [5.74, 6) is -1.72. The zero-order valence-corrected chi connectivity index (χ0v) is 17.4. The first kappa shape index (κ1) is 23.9. The molecule has 27 heavy (non-hydrogen) atoms. The molecule has 0 bridgehead atoms. The highest BCUT2D eigenvalue weighted by molar-refractivity contribution is 7.91. The minimum absolute atomic E-state index is 0. The van der Waals surface area contributed by atoms with E-state index in [1.165, 1.54) is 50.7 Å². The third-order valence-electron chi connectivity index (χ3n) is 4.80. The molecule has 0 radical (unpaired) electrons. The lowest BCUT2D eigenvalue weighted by Crippen LogP contribution is -2.39. The van der Waals surface area contributed by atoms with Crippen molar-refractivity contribution in [3.05, 3.63) is 30.1 Å². The molecule has 1 atom stereocenters. The molecule has 154 valence electrons. The van der Waals surface area contributed by atoms with E-state index in [2.05, 4.69) is 10.6 Å². The van der Waals surface area contributed by atoms with E-state index in [1.807, 2.05) is 0 Å². The van der Waals surface area contributed by atoms with Crippen molar-refractivity contribution < 1.29 is 17.6 Å². The molecule has 1 aliphatic carbocycles. The second kappa shape index (κ2) is 11.6. The molecular weight excluding hydrogens is 391 g/mol. The number of hydrogen-bond donors (Lipinski definition) is 2. The summed E-state index contributed by atoms with van der Waals surface area (Å²) in [6.45, 7) is 2.76. The summed E-state index contributed by atoms with van der Waals surface area (Å²) in [7, 11) is -3.62. The molecule has 0 aromatic heterocycles. The Kier molecular flexibility index (Phi) is 10.3. The highest BCUT2D eigenvalue weighted by atomic mass is 35.5.